The van der Waals surface area contributed by atoms with Gasteiger partial charge in [-0.1, -0.05) is 48.0 Å². The van der Waals surface area contributed by atoms with Gasteiger partial charge in [-0.25, -0.2) is 0 Å². The fourth-order valence-electron chi connectivity index (χ4n) is 2.09. The first-order chi connectivity index (χ1) is 7.77. The van der Waals surface area contributed by atoms with E-state index in [9.17, 15) is 0 Å². The monoisotopic (exact) mass is 227 g/mol. The van der Waals surface area contributed by atoms with Crippen LogP contribution in [-0.4, -0.2) is 0 Å². The molecule has 0 fully saturated rings. The average Bonchev–Trinajstić information content (AvgIpc) is 2.29. The Labute approximate surface area is 98.4 Å². The van der Waals surface area contributed by atoms with Crippen LogP contribution in [0, 0.1) is 0 Å². The van der Waals surface area contributed by atoms with E-state index in [1.165, 1.54) is 0 Å². The minimum Gasteiger partial charge on any atom is -0.398 e. The summed E-state index contributed by atoms with van der Waals surface area (Å²) in [5, 5.41) is 4.97. The molecule has 0 saturated carbocycles. The lowest BCUT2D eigenvalue weighted by Gasteiger charge is -2.07. The Hall–Kier alpha value is -1.73. The number of benzene rings is 3. The van der Waals surface area contributed by atoms with Crippen molar-refractivity contribution in [2.45, 2.75) is 0 Å². The van der Waals surface area contributed by atoms with Gasteiger partial charge in [0.15, 0.2) is 0 Å². The number of hydrogen-bond donors (Lipinski definition) is 1. The van der Waals surface area contributed by atoms with Crippen LogP contribution in [0.1, 0.15) is 0 Å². The third kappa shape index (κ3) is 1.25. The van der Waals surface area contributed by atoms with E-state index in [-0.39, 0.29) is 0 Å². The van der Waals surface area contributed by atoms with Crippen LogP contribution in [0.25, 0.3) is 21.5 Å². The number of nitrogen functional groups attached to an aromatic ring is 1. The predicted octanol–water partition coefficient (Wildman–Crippen LogP) is 4.23. The van der Waals surface area contributed by atoms with Crippen LogP contribution in [0.5, 0.6) is 0 Å². The van der Waals surface area contributed by atoms with Gasteiger partial charge in [-0.2, -0.15) is 0 Å². The summed E-state index contributed by atoms with van der Waals surface area (Å²) in [5.74, 6) is 0. The normalized spacial score (nSPS) is 11.1. The largest absolute Gasteiger partial charge is 0.398 e. The average molecular weight is 228 g/mol. The van der Waals surface area contributed by atoms with Crippen LogP contribution >= 0.6 is 11.6 Å². The van der Waals surface area contributed by atoms with Gasteiger partial charge in [-0.15, -0.1) is 0 Å². The molecule has 0 saturated heterocycles. The Morgan fingerprint density at radius 1 is 0.875 bits per heavy atom. The molecule has 3 aromatic carbocycles. The van der Waals surface area contributed by atoms with Crippen molar-refractivity contribution in [2.24, 2.45) is 0 Å². The van der Waals surface area contributed by atoms with Crippen molar-refractivity contribution in [2.75, 3.05) is 5.73 Å². The Bertz CT molecular complexity index is 689. The summed E-state index contributed by atoms with van der Waals surface area (Å²) in [6.07, 6.45) is 0. The maximum atomic E-state index is 6.40. The summed E-state index contributed by atoms with van der Waals surface area (Å²) in [6, 6.07) is 16.0. The molecule has 78 valence electrons. The fraction of sp³-hybridized carbons (Fsp3) is 0. The van der Waals surface area contributed by atoms with Crippen LogP contribution in [0.15, 0.2) is 48.5 Å². The molecule has 0 heterocycles. The molecule has 3 rings (SSSR count). The van der Waals surface area contributed by atoms with Crippen LogP contribution in [0.3, 0.4) is 0 Å². The molecule has 0 radical (unpaired) electrons. The molecule has 0 unspecified atom stereocenters. The van der Waals surface area contributed by atoms with Gasteiger partial charge in [-0.3, -0.25) is 0 Å². The van der Waals surface area contributed by atoms with Gasteiger partial charge in [0, 0.05) is 16.5 Å². The molecule has 0 aliphatic carbocycles. The van der Waals surface area contributed by atoms with Gasteiger partial charge >= 0.3 is 0 Å². The van der Waals surface area contributed by atoms with Crippen LogP contribution in [-0.2, 0) is 0 Å². The van der Waals surface area contributed by atoms with Crippen LogP contribution in [0.4, 0.5) is 5.69 Å². The first-order valence-electron chi connectivity index (χ1n) is 5.13. The number of fused-ring (bicyclic) bond motifs is 2. The van der Waals surface area contributed by atoms with Crippen molar-refractivity contribution in [3.63, 3.8) is 0 Å². The first-order valence-corrected chi connectivity index (χ1v) is 5.50. The molecule has 2 N–H and O–H groups in total. The number of hydrogen-bond acceptors (Lipinski definition) is 1. The number of anilines is 1. The lowest BCUT2D eigenvalue weighted by molar-refractivity contribution is 1.74. The molecule has 0 amide bonds. The molecule has 3 aromatic rings. The van der Waals surface area contributed by atoms with Crippen LogP contribution in [0.2, 0.25) is 5.02 Å². The SMILES string of the molecule is Nc1cccc2cc3ccccc3c(Cl)c12. The van der Waals surface area contributed by atoms with Crippen LogP contribution < -0.4 is 5.73 Å². The van der Waals surface area contributed by atoms with Crippen molar-refractivity contribution in [3.8, 4) is 0 Å². The summed E-state index contributed by atoms with van der Waals surface area (Å²) in [4.78, 5) is 0. The quantitative estimate of drug-likeness (QED) is 0.451. The van der Waals surface area contributed by atoms with E-state index in [2.05, 4.69) is 12.1 Å². The zero-order valence-electron chi connectivity index (χ0n) is 8.57. The minimum absolute atomic E-state index is 0.730. The highest BCUT2D eigenvalue weighted by Gasteiger charge is 2.07. The molecule has 16 heavy (non-hydrogen) atoms. The zero-order valence-corrected chi connectivity index (χ0v) is 9.33. The highest BCUT2D eigenvalue weighted by molar-refractivity contribution is 6.41. The van der Waals surface area contributed by atoms with E-state index >= 15 is 0 Å². The van der Waals surface area contributed by atoms with Gasteiger partial charge in [-0.05, 0) is 22.9 Å². The van der Waals surface area contributed by atoms with Crippen molar-refractivity contribution in [3.05, 3.63) is 53.6 Å². The lowest BCUT2D eigenvalue weighted by atomic mass is 10.0. The second-order valence-corrected chi connectivity index (χ2v) is 4.24. The predicted molar refractivity (Wildman–Crippen MR) is 70.9 cm³/mol. The first kappa shape index (κ1) is 9.49. The summed E-state index contributed by atoms with van der Waals surface area (Å²) in [5.41, 5.74) is 6.69. The number of rotatable bonds is 0. The molecule has 0 atom stereocenters. The van der Waals surface area contributed by atoms with Gasteiger partial charge in [0.1, 0.15) is 0 Å². The Morgan fingerprint density at radius 3 is 2.50 bits per heavy atom. The van der Waals surface area contributed by atoms with Crippen molar-refractivity contribution in [1.29, 1.82) is 0 Å². The van der Waals surface area contributed by atoms with E-state index in [0.29, 0.717) is 0 Å². The Kier molecular flexibility index (Phi) is 2.01. The summed E-state index contributed by atoms with van der Waals surface area (Å²) >= 11 is 6.40. The minimum atomic E-state index is 0.730. The third-order valence-corrected chi connectivity index (χ3v) is 3.25. The number of halogens is 1. The van der Waals surface area contributed by atoms with Crippen molar-refractivity contribution in [1.82, 2.24) is 0 Å². The molecule has 0 bridgehead atoms. The van der Waals surface area contributed by atoms with Gasteiger partial charge in [0.05, 0.1) is 5.02 Å². The standard InChI is InChI=1S/C14H10ClN/c15-14-11-6-2-1-4-9(11)8-10-5-3-7-12(16)13(10)14/h1-8H,16H2. The summed E-state index contributed by atoms with van der Waals surface area (Å²) in [6.45, 7) is 0. The van der Waals surface area contributed by atoms with E-state index in [4.69, 9.17) is 17.3 Å². The Balaban J connectivity index is 2.62. The summed E-state index contributed by atoms with van der Waals surface area (Å²) in [7, 11) is 0. The lowest BCUT2D eigenvalue weighted by Crippen LogP contribution is -1.88. The van der Waals surface area contributed by atoms with Crippen molar-refractivity contribution < 1.29 is 0 Å². The second kappa shape index (κ2) is 3.39. The van der Waals surface area contributed by atoms with Gasteiger partial charge in [0.2, 0.25) is 0 Å². The number of nitrogens with two attached hydrogens (primary N) is 1. The fourth-order valence-corrected chi connectivity index (χ4v) is 2.48. The summed E-state index contributed by atoms with van der Waals surface area (Å²) < 4.78 is 0. The van der Waals surface area contributed by atoms with E-state index < -0.39 is 0 Å². The smallest absolute Gasteiger partial charge is 0.0583 e. The topological polar surface area (TPSA) is 26.0 Å². The molecule has 0 aliphatic heterocycles. The maximum Gasteiger partial charge on any atom is 0.0583 e. The molecule has 0 spiro atoms. The van der Waals surface area contributed by atoms with E-state index in [1.54, 1.807) is 0 Å². The highest BCUT2D eigenvalue weighted by Crippen LogP contribution is 2.35. The second-order valence-electron chi connectivity index (χ2n) is 3.86. The Morgan fingerprint density at radius 2 is 1.62 bits per heavy atom. The van der Waals surface area contributed by atoms with E-state index in [0.717, 1.165) is 32.3 Å². The van der Waals surface area contributed by atoms with E-state index in [1.807, 2.05) is 36.4 Å². The highest BCUT2D eigenvalue weighted by atomic mass is 35.5. The van der Waals surface area contributed by atoms with Gasteiger partial charge in [0.25, 0.3) is 0 Å². The molecule has 0 aromatic heterocycles. The molecule has 1 nitrogen and oxygen atoms in total. The zero-order chi connectivity index (χ0) is 11.1. The molecule has 0 aliphatic rings. The maximum absolute atomic E-state index is 6.40. The molecule has 2 heteroatoms. The third-order valence-electron chi connectivity index (χ3n) is 2.86. The molecular weight excluding hydrogens is 218 g/mol. The van der Waals surface area contributed by atoms with Crippen molar-refractivity contribution >= 4 is 38.8 Å². The molecular formula is C14H10ClN. The van der Waals surface area contributed by atoms with Gasteiger partial charge < -0.3 is 5.73 Å².